The normalized spacial score (nSPS) is 11.6. The van der Waals surface area contributed by atoms with Crippen molar-refractivity contribution in [3.8, 4) is 5.75 Å². The molecule has 2 rings (SSSR count). The molecule has 2 aromatic carbocycles. The van der Waals surface area contributed by atoms with E-state index in [1.165, 1.54) is 12.8 Å². The number of esters is 1. The molecule has 0 heterocycles. The van der Waals surface area contributed by atoms with Crippen molar-refractivity contribution >= 4 is 11.8 Å². The van der Waals surface area contributed by atoms with Crippen molar-refractivity contribution in [2.24, 2.45) is 0 Å². The molecule has 1 atom stereocenters. The molecule has 4 nitrogen and oxygen atoms in total. The lowest BCUT2D eigenvalue weighted by molar-refractivity contribution is 0.0319. The largest absolute Gasteiger partial charge is 0.494 e. The van der Waals surface area contributed by atoms with Crippen LogP contribution in [0.4, 0.5) is 0 Å². The fraction of sp³-hybridized carbons (Fsp3) is 0.364. The molecule has 4 heteroatoms. The fourth-order valence-corrected chi connectivity index (χ4v) is 2.53. The number of ketones is 1. The van der Waals surface area contributed by atoms with Gasteiger partial charge in [-0.15, -0.1) is 0 Å². The second-order valence-electron chi connectivity index (χ2n) is 6.21. The predicted octanol–water partition coefficient (Wildman–Crippen LogP) is 5.07. The Kier molecular flexibility index (Phi) is 7.87. The number of carbonyl (C=O) groups is 2. The van der Waals surface area contributed by atoms with Gasteiger partial charge in [-0.05, 0) is 37.6 Å². The van der Waals surface area contributed by atoms with Crippen LogP contribution in [0.15, 0.2) is 54.6 Å². The average molecular weight is 354 g/mol. The van der Waals surface area contributed by atoms with Crippen LogP contribution in [0.5, 0.6) is 5.75 Å². The number of rotatable bonds is 10. The highest BCUT2D eigenvalue weighted by molar-refractivity contribution is 6.01. The van der Waals surface area contributed by atoms with Gasteiger partial charge in [-0.1, -0.05) is 56.5 Å². The Morgan fingerprint density at radius 3 is 2.23 bits per heavy atom. The number of carbonyl (C=O) groups excluding carboxylic acids is 2. The third kappa shape index (κ3) is 6.03. The Labute approximate surface area is 155 Å². The number of benzene rings is 2. The van der Waals surface area contributed by atoms with Gasteiger partial charge in [0.15, 0.2) is 6.10 Å². The lowest BCUT2D eigenvalue weighted by atomic mass is 10.1. The van der Waals surface area contributed by atoms with E-state index < -0.39 is 12.1 Å². The third-order valence-corrected chi connectivity index (χ3v) is 4.07. The zero-order chi connectivity index (χ0) is 18.8. The third-order valence-electron chi connectivity index (χ3n) is 4.07. The first kappa shape index (κ1) is 19.7. The summed E-state index contributed by atoms with van der Waals surface area (Å²) in [6.45, 7) is 4.43. The maximum Gasteiger partial charge on any atom is 0.338 e. The highest BCUT2D eigenvalue weighted by Gasteiger charge is 2.20. The van der Waals surface area contributed by atoms with Gasteiger partial charge in [-0.3, -0.25) is 4.79 Å². The summed E-state index contributed by atoms with van der Waals surface area (Å²) in [6.07, 6.45) is 3.76. The summed E-state index contributed by atoms with van der Waals surface area (Å²) in [6, 6.07) is 15.6. The van der Waals surface area contributed by atoms with Gasteiger partial charge in [0.1, 0.15) is 5.75 Å². The van der Waals surface area contributed by atoms with Crippen LogP contribution in [-0.2, 0) is 4.74 Å². The van der Waals surface area contributed by atoms with Gasteiger partial charge in [0, 0.05) is 5.56 Å². The van der Waals surface area contributed by atoms with Crippen molar-refractivity contribution in [2.45, 2.75) is 45.6 Å². The van der Waals surface area contributed by atoms with Gasteiger partial charge in [0.2, 0.25) is 5.78 Å². The monoisotopic (exact) mass is 354 g/mol. The Bertz CT molecular complexity index is 692. The van der Waals surface area contributed by atoms with E-state index >= 15 is 0 Å². The van der Waals surface area contributed by atoms with Crippen LogP contribution in [-0.4, -0.2) is 24.5 Å². The summed E-state index contributed by atoms with van der Waals surface area (Å²) in [5, 5.41) is 0. The van der Waals surface area contributed by atoms with Crippen molar-refractivity contribution in [3.63, 3.8) is 0 Å². The smallest absolute Gasteiger partial charge is 0.338 e. The number of ether oxygens (including phenoxy) is 2. The number of Topliss-reactive ketones (excluding diaryl/α,β-unsaturated/α-hetero) is 1. The van der Waals surface area contributed by atoms with E-state index in [9.17, 15) is 9.59 Å². The second-order valence-corrected chi connectivity index (χ2v) is 6.21. The number of hydrogen-bond acceptors (Lipinski definition) is 4. The van der Waals surface area contributed by atoms with E-state index in [0.29, 0.717) is 17.7 Å². The Hall–Kier alpha value is -2.62. The van der Waals surface area contributed by atoms with Gasteiger partial charge >= 0.3 is 5.97 Å². The lowest BCUT2D eigenvalue weighted by Crippen LogP contribution is -2.24. The summed E-state index contributed by atoms with van der Waals surface area (Å²) in [5.74, 6) is -0.00582. The van der Waals surface area contributed by atoms with Crippen LogP contribution >= 0.6 is 0 Å². The molecule has 0 saturated heterocycles. The zero-order valence-corrected chi connectivity index (χ0v) is 15.4. The quantitative estimate of drug-likeness (QED) is 0.339. The van der Waals surface area contributed by atoms with Gasteiger partial charge in [-0.25, -0.2) is 4.79 Å². The van der Waals surface area contributed by atoms with Crippen LogP contribution in [0, 0.1) is 0 Å². The first-order valence-corrected chi connectivity index (χ1v) is 9.15. The van der Waals surface area contributed by atoms with Crippen LogP contribution in [0.2, 0.25) is 0 Å². The number of hydrogen-bond donors (Lipinski definition) is 0. The molecule has 1 unspecified atom stereocenters. The van der Waals surface area contributed by atoms with E-state index in [1.54, 1.807) is 55.5 Å². The van der Waals surface area contributed by atoms with Gasteiger partial charge in [0.05, 0.1) is 12.2 Å². The maximum absolute atomic E-state index is 12.3. The van der Waals surface area contributed by atoms with E-state index in [0.717, 1.165) is 18.6 Å². The molecule has 0 N–H and O–H groups in total. The van der Waals surface area contributed by atoms with Gasteiger partial charge in [0.25, 0.3) is 0 Å². The average Bonchev–Trinajstić information content (AvgIpc) is 2.68. The first-order valence-electron chi connectivity index (χ1n) is 9.15. The summed E-state index contributed by atoms with van der Waals surface area (Å²) in [5.41, 5.74) is 0.927. The molecule has 0 radical (unpaired) electrons. The second kappa shape index (κ2) is 10.4. The molecular formula is C22H26O4. The molecular weight excluding hydrogens is 328 g/mol. The minimum Gasteiger partial charge on any atom is -0.494 e. The minimum absolute atomic E-state index is 0.217. The molecule has 26 heavy (non-hydrogen) atoms. The van der Waals surface area contributed by atoms with E-state index in [-0.39, 0.29) is 5.78 Å². The minimum atomic E-state index is -0.834. The van der Waals surface area contributed by atoms with Crippen molar-refractivity contribution in [1.82, 2.24) is 0 Å². The zero-order valence-electron chi connectivity index (χ0n) is 15.4. The summed E-state index contributed by atoms with van der Waals surface area (Å²) < 4.78 is 10.9. The van der Waals surface area contributed by atoms with Gasteiger partial charge in [-0.2, -0.15) is 0 Å². The first-order chi connectivity index (χ1) is 12.6. The molecule has 0 aliphatic carbocycles. The van der Waals surface area contributed by atoms with E-state index in [2.05, 4.69) is 6.92 Å². The van der Waals surface area contributed by atoms with Crippen LogP contribution in [0.3, 0.4) is 0 Å². The standard InChI is InChI=1S/C22H26O4/c1-3-4-5-9-16-25-20-14-12-19(13-15-20)22(24)26-17(2)21(23)18-10-7-6-8-11-18/h6-8,10-15,17H,3-5,9,16H2,1-2H3. The van der Waals surface area contributed by atoms with Crippen molar-refractivity contribution < 1.29 is 19.1 Å². The molecule has 138 valence electrons. The molecule has 0 amide bonds. The predicted molar refractivity (Wildman–Crippen MR) is 102 cm³/mol. The molecule has 0 saturated carbocycles. The highest BCUT2D eigenvalue weighted by Crippen LogP contribution is 2.15. The van der Waals surface area contributed by atoms with Crippen molar-refractivity contribution in [1.29, 1.82) is 0 Å². The van der Waals surface area contributed by atoms with E-state index in [1.807, 2.05) is 6.07 Å². The van der Waals surface area contributed by atoms with E-state index in [4.69, 9.17) is 9.47 Å². The summed E-state index contributed by atoms with van der Waals surface area (Å²) in [4.78, 5) is 24.5. The summed E-state index contributed by atoms with van der Waals surface area (Å²) in [7, 11) is 0. The Morgan fingerprint density at radius 2 is 1.58 bits per heavy atom. The van der Waals surface area contributed by atoms with Crippen LogP contribution in [0.25, 0.3) is 0 Å². The number of unbranched alkanes of at least 4 members (excludes halogenated alkanes) is 3. The highest BCUT2D eigenvalue weighted by atomic mass is 16.5. The van der Waals surface area contributed by atoms with Gasteiger partial charge < -0.3 is 9.47 Å². The lowest BCUT2D eigenvalue weighted by Gasteiger charge is -2.12. The molecule has 0 aromatic heterocycles. The Morgan fingerprint density at radius 1 is 0.885 bits per heavy atom. The molecule has 2 aromatic rings. The molecule has 0 spiro atoms. The molecule has 0 fully saturated rings. The SMILES string of the molecule is CCCCCCOc1ccc(C(=O)OC(C)C(=O)c2ccccc2)cc1. The molecule has 0 aliphatic rings. The van der Waals surface area contributed by atoms with Crippen LogP contribution in [0.1, 0.15) is 60.2 Å². The molecule has 0 aliphatic heterocycles. The Balaban J connectivity index is 1.84. The summed E-state index contributed by atoms with van der Waals surface area (Å²) >= 11 is 0. The molecule has 0 bridgehead atoms. The van der Waals surface area contributed by atoms with Crippen molar-refractivity contribution in [3.05, 3.63) is 65.7 Å². The van der Waals surface area contributed by atoms with Crippen LogP contribution < -0.4 is 4.74 Å². The topological polar surface area (TPSA) is 52.6 Å². The maximum atomic E-state index is 12.3. The van der Waals surface area contributed by atoms with Crippen molar-refractivity contribution in [2.75, 3.05) is 6.61 Å². The fourth-order valence-electron chi connectivity index (χ4n) is 2.53.